The molecule has 0 heterocycles. The summed E-state index contributed by atoms with van der Waals surface area (Å²) < 4.78 is 0. The average Bonchev–Trinajstić information content (AvgIpc) is 2.96. The second-order valence-electron chi connectivity index (χ2n) is 5.63. The minimum Gasteiger partial charge on any atom is -0.314 e. The number of hydrogen-bond acceptors (Lipinski definition) is 2. The van der Waals surface area contributed by atoms with Crippen LogP contribution in [0.2, 0.25) is 0 Å². The van der Waals surface area contributed by atoms with Gasteiger partial charge in [0.1, 0.15) is 0 Å². The van der Waals surface area contributed by atoms with Gasteiger partial charge in [-0.1, -0.05) is 19.8 Å². The first-order valence-corrected chi connectivity index (χ1v) is 7.34. The molecule has 0 radical (unpaired) electrons. The van der Waals surface area contributed by atoms with Gasteiger partial charge in [-0.25, -0.2) is 0 Å². The Balaban J connectivity index is 1.48. The third-order valence-electron chi connectivity index (χ3n) is 4.10. The lowest BCUT2D eigenvalue weighted by molar-refractivity contribution is 0.270. The summed E-state index contributed by atoms with van der Waals surface area (Å²) in [6, 6.07) is 0.846. The van der Waals surface area contributed by atoms with Crippen molar-refractivity contribution in [2.75, 3.05) is 26.2 Å². The molecule has 0 aromatic carbocycles. The topological polar surface area (TPSA) is 15.3 Å². The zero-order chi connectivity index (χ0) is 11.2. The highest BCUT2D eigenvalue weighted by molar-refractivity contribution is 4.77. The summed E-state index contributed by atoms with van der Waals surface area (Å²) in [6.45, 7) is 7.42. The number of hydrogen-bond donors (Lipinski definition) is 1. The third kappa shape index (κ3) is 4.42. The van der Waals surface area contributed by atoms with Gasteiger partial charge >= 0.3 is 0 Å². The largest absolute Gasteiger partial charge is 0.314 e. The molecule has 2 fully saturated rings. The van der Waals surface area contributed by atoms with E-state index in [1.807, 2.05) is 0 Å². The summed E-state index contributed by atoms with van der Waals surface area (Å²) in [7, 11) is 0. The molecule has 2 aliphatic rings. The first-order valence-electron chi connectivity index (χ1n) is 7.34. The maximum Gasteiger partial charge on any atom is 0.00670 e. The van der Waals surface area contributed by atoms with Gasteiger partial charge in [0.15, 0.2) is 0 Å². The van der Waals surface area contributed by atoms with E-state index in [9.17, 15) is 0 Å². The molecule has 0 atom stereocenters. The van der Waals surface area contributed by atoms with Crippen molar-refractivity contribution in [3.63, 3.8) is 0 Å². The van der Waals surface area contributed by atoms with Crippen molar-refractivity contribution in [1.29, 1.82) is 0 Å². The Morgan fingerprint density at radius 1 is 1.12 bits per heavy atom. The van der Waals surface area contributed by atoms with Gasteiger partial charge in [-0.15, -0.1) is 0 Å². The molecular formula is C14H28N2. The standard InChI is InChI=1S/C14H28N2/c1-2-16(12-13-8-9-13)11-5-10-15-14-6-3-4-7-14/h13-15H,2-12H2,1H3. The highest BCUT2D eigenvalue weighted by atomic mass is 15.1. The highest BCUT2D eigenvalue weighted by Gasteiger charge is 2.23. The minimum absolute atomic E-state index is 0.846. The van der Waals surface area contributed by atoms with Gasteiger partial charge in [0.05, 0.1) is 0 Å². The third-order valence-corrected chi connectivity index (χ3v) is 4.10. The van der Waals surface area contributed by atoms with E-state index < -0.39 is 0 Å². The van der Waals surface area contributed by atoms with Crippen LogP contribution in [-0.2, 0) is 0 Å². The molecule has 16 heavy (non-hydrogen) atoms. The molecule has 0 aromatic rings. The molecule has 2 rings (SSSR count). The summed E-state index contributed by atoms with van der Waals surface area (Å²) in [6.07, 6.45) is 10.0. The molecule has 1 N–H and O–H groups in total. The van der Waals surface area contributed by atoms with Gasteiger partial charge < -0.3 is 10.2 Å². The maximum absolute atomic E-state index is 3.70. The summed E-state index contributed by atoms with van der Waals surface area (Å²) >= 11 is 0. The molecule has 0 bridgehead atoms. The Morgan fingerprint density at radius 2 is 1.88 bits per heavy atom. The van der Waals surface area contributed by atoms with Gasteiger partial charge in [-0.2, -0.15) is 0 Å². The zero-order valence-corrected chi connectivity index (χ0v) is 10.9. The van der Waals surface area contributed by atoms with Crippen molar-refractivity contribution in [2.24, 2.45) is 5.92 Å². The molecule has 0 aromatic heterocycles. The van der Waals surface area contributed by atoms with E-state index in [0.717, 1.165) is 12.0 Å². The van der Waals surface area contributed by atoms with Gasteiger partial charge in [-0.3, -0.25) is 0 Å². The van der Waals surface area contributed by atoms with Gasteiger partial charge in [0, 0.05) is 12.6 Å². The van der Waals surface area contributed by atoms with Crippen LogP contribution in [0.25, 0.3) is 0 Å². The number of nitrogens with one attached hydrogen (secondary N) is 1. The molecule has 2 heteroatoms. The lowest BCUT2D eigenvalue weighted by atomic mass is 10.2. The fourth-order valence-electron chi connectivity index (χ4n) is 2.78. The Hall–Kier alpha value is -0.0800. The van der Waals surface area contributed by atoms with Crippen LogP contribution in [0, 0.1) is 5.92 Å². The number of rotatable bonds is 8. The Kier molecular flexibility index (Phi) is 5.11. The Bertz CT molecular complexity index is 183. The summed E-state index contributed by atoms with van der Waals surface area (Å²) in [5.41, 5.74) is 0. The van der Waals surface area contributed by atoms with Crippen LogP contribution in [0.4, 0.5) is 0 Å². The molecule has 0 amide bonds. The molecule has 0 saturated heterocycles. The molecule has 0 unspecified atom stereocenters. The summed E-state index contributed by atoms with van der Waals surface area (Å²) in [5, 5.41) is 3.70. The SMILES string of the molecule is CCN(CCCNC1CCCC1)CC1CC1. The van der Waals surface area contributed by atoms with Crippen LogP contribution in [0.5, 0.6) is 0 Å². The minimum atomic E-state index is 0.846. The van der Waals surface area contributed by atoms with E-state index >= 15 is 0 Å². The van der Waals surface area contributed by atoms with E-state index in [4.69, 9.17) is 0 Å². The van der Waals surface area contributed by atoms with Gasteiger partial charge in [-0.05, 0) is 57.7 Å². The average molecular weight is 224 g/mol. The van der Waals surface area contributed by atoms with Crippen LogP contribution in [0.1, 0.15) is 51.9 Å². The molecule has 2 aliphatic carbocycles. The summed E-state index contributed by atoms with van der Waals surface area (Å²) in [4.78, 5) is 2.63. The first kappa shape index (κ1) is 12.4. The van der Waals surface area contributed by atoms with E-state index in [1.54, 1.807) is 0 Å². The van der Waals surface area contributed by atoms with E-state index in [1.165, 1.54) is 71.1 Å². The lowest BCUT2D eigenvalue weighted by Crippen LogP contribution is -2.32. The maximum atomic E-state index is 3.70. The van der Waals surface area contributed by atoms with Crippen LogP contribution in [0.15, 0.2) is 0 Å². The molecule has 2 saturated carbocycles. The van der Waals surface area contributed by atoms with Crippen molar-refractivity contribution in [3.8, 4) is 0 Å². The van der Waals surface area contributed by atoms with Crippen LogP contribution >= 0.6 is 0 Å². The second-order valence-corrected chi connectivity index (χ2v) is 5.63. The second kappa shape index (κ2) is 6.61. The normalized spacial score (nSPS) is 22.1. The van der Waals surface area contributed by atoms with Gasteiger partial charge in [0.2, 0.25) is 0 Å². The van der Waals surface area contributed by atoms with Crippen LogP contribution in [0.3, 0.4) is 0 Å². The lowest BCUT2D eigenvalue weighted by Gasteiger charge is -2.20. The highest BCUT2D eigenvalue weighted by Crippen LogP contribution is 2.29. The Morgan fingerprint density at radius 3 is 2.50 bits per heavy atom. The van der Waals surface area contributed by atoms with Crippen molar-refractivity contribution < 1.29 is 0 Å². The summed E-state index contributed by atoms with van der Waals surface area (Å²) in [5.74, 6) is 1.04. The first-order chi connectivity index (χ1) is 7.88. The quantitative estimate of drug-likeness (QED) is 0.638. The van der Waals surface area contributed by atoms with E-state index in [2.05, 4.69) is 17.1 Å². The fourth-order valence-corrected chi connectivity index (χ4v) is 2.78. The van der Waals surface area contributed by atoms with Crippen LogP contribution in [-0.4, -0.2) is 37.1 Å². The van der Waals surface area contributed by atoms with E-state index in [0.29, 0.717) is 0 Å². The predicted molar refractivity (Wildman–Crippen MR) is 69.7 cm³/mol. The fraction of sp³-hybridized carbons (Fsp3) is 1.00. The monoisotopic (exact) mass is 224 g/mol. The smallest absolute Gasteiger partial charge is 0.00670 e. The molecule has 2 nitrogen and oxygen atoms in total. The van der Waals surface area contributed by atoms with Crippen molar-refractivity contribution in [3.05, 3.63) is 0 Å². The molecule has 94 valence electrons. The van der Waals surface area contributed by atoms with Crippen molar-refractivity contribution >= 4 is 0 Å². The number of nitrogens with zero attached hydrogens (tertiary/aromatic N) is 1. The molecular weight excluding hydrogens is 196 g/mol. The zero-order valence-electron chi connectivity index (χ0n) is 10.9. The van der Waals surface area contributed by atoms with Crippen LogP contribution < -0.4 is 5.32 Å². The van der Waals surface area contributed by atoms with E-state index in [-0.39, 0.29) is 0 Å². The Labute approximate surface area is 101 Å². The van der Waals surface area contributed by atoms with Crippen molar-refractivity contribution in [2.45, 2.75) is 57.9 Å². The molecule has 0 spiro atoms. The molecule has 0 aliphatic heterocycles. The van der Waals surface area contributed by atoms with Gasteiger partial charge in [0.25, 0.3) is 0 Å². The predicted octanol–water partition coefficient (Wildman–Crippen LogP) is 2.64. The van der Waals surface area contributed by atoms with Crippen molar-refractivity contribution in [1.82, 2.24) is 10.2 Å².